The molecule has 0 spiro atoms. The molecule has 0 aromatic heterocycles. The highest BCUT2D eigenvalue weighted by atomic mass is 32.2. The van der Waals surface area contributed by atoms with E-state index in [1.165, 1.54) is 44.9 Å². The van der Waals surface area contributed by atoms with Gasteiger partial charge in [-0.15, -0.1) is 0 Å². The lowest BCUT2D eigenvalue weighted by molar-refractivity contribution is 0.0335. The van der Waals surface area contributed by atoms with Crippen LogP contribution >= 0.6 is 11.8 Å². The smallest absolute Gasteiger partial charge is 0.0897 e. The van der Waals surface area contributed by atoms with Crippen molar-refractivity contribution in [1.82, 2.24) is 5.32 Å². The minimum Gasteiger partial charge on any atom is -0.389 e. The Labute approximate surface area is 129 Å². The summed E-state index contributed by atoms with van der Waals surface area (Å²) in [6.07, 6.45) is 11.9. The predicted molar refractivity (Wildman–Crippen MR) is 88.5 cm³/mol. The molecule has 2 N–H and O–H groups in total. The predicted octanol–water partition coefficient (Wildman–Crippen LogP) is 3.21. The number of aliphatic hydroxyl groups excluding tert-OH is 1. The topological polar surface area (TPSA) is 41.5 Å². The van der Waals surface area contributed by atoms with Gasteiger partial charge in [-0.1, -0.05) is 26.2 Å². The maximum absolute atomic E-state index is 9.89. The molecular formula is C16H33NO2S. The zero-order valence-corrected chi connectivity index (χ0v) is 14.1. The molecule has 0 heterocycles. The quantitative estimate of drug-likeness (QED) is 0.575. The zero-order valence-electron chi connectivity index (χ0n) is 13.3. The van der Waals surface area contributed by atoms with E-state index < -0.39 is 0 Å². The second kappa shape index (κ2) is 11.8. The number of aliphatic hydroxyl groups is 1. The molecule has 3 nitrogen and oxygen atoms in total. The van der Waals surface area contributed by atoms with Crippen LogP contribution in [0.4, 0.5) is 0 Å². The summed E-state index contributed by atoms with van der Waals surface area (Å²) in [6.45, 7) is 4.14. The van der Waals surface area contributed by atoms with E-state index in [1.807, 2.05) is 11.8 Å². The average Bonchev–Trinajstić information content (AvgIpc) is 2.49. The molecule has 0 saturated heterocycles. The van der Waals surface area contributed by atoms with E-state index >= 15 is 0 Å². The van der Waals surface area contributed by atoms with Gasteiger partial charge < -0.3 is 15.2 Å². The van der Waals surface area contributed by atoms with Gasteiger partial charge in [-0.25, -0.2) is 0 Å². The second-order valence-electron chi connectivity index (χ2n) is 5.91. The number of hydrogen-bond acceptors (Lipinski definition) is 4. The Hall–Kier alpha value is 0.230. The molecule has 1 saturated carbocycles. The summed E-state index contributed by atoms with van der Waals surface area (Å²) < 4.78 is 5.52. The number of nitrogens with one attached hydrogen (secondary N) is 1. The largest absolute Gasteiger partial charge is 0.389 e. The van der Waals surface area contributed by atoms with Crippen LogP contribution < -0.4 is 5.32 Å². The highest BCUT2D eigenvalue weighted by Gasteiger charge is 2.20. The average molecular weight is 304 g/mol. The minimum atomic E-state index is -0.362. The van der Waals surface area contributed by atoms with Crippen molar-refractivity contribution in [3.63, 3.8) is 0 Å². The van der Waals surface area contributed by atoms with E-state index in [0.29, 0.717) is 19.2 Å². The summed E-state index contributed by atoms with van der Waals surface area (Å²) in [5.74, 6) is 0. The van der Waals surface area contributed by atoms with Crippen molar-refractivity contribution in [3.05, 3.63) is 0 Å². The molecule has 1 rings (SSSR count). The van der Waals surface area contributed by atoms with Crippen LogP contribution in [0.15, 0.2) is 0 Å². The fraction of sp³-hybridized carbons (Fsp3) is 1.00. The molecule has 20 heavy (non-hydrogen) atoms. The summed E-state index contributed by atoms with van der Waals surface area (Å²) >= 11 is 1.99. The number of hydrogen-bond donors (Lipinski definition) is 2. The highest BCUT2D eigenvalue weighted by Crippen LogP contribution is 2.26. The van der Waals surface area contributed by atoms with Crippen LogP contribution in [0.1, 0.15) is 58.3 Å². The van der Waals surface area contributed by atoms with Crippen LogP contribution in [-0.4, -0.2) is 48.5 Å². The lowest BCUT2D eigenvalue weighted by Crippen LogP contribution is -2.39. The Morgan fingerprint density at radius 2 is 1.95 bits per heavy atom. The van der Waals surface area contributed by atoms with E-state index in [0.717, 1.165) is 18.3 Å². The first-order valence-corrected chi connectivity index (χ1v) is 9.57. The fourth-order valence-corrected chi connectivity index (χ4v) is 3.46. The molecule has 1 aliphatic rings. The Bertz CT molecular complexity index is 221. The summed E-state index contributed by atoms with van der Waals surface area (Å²) in [7, 11) is 0. The van der Waals surface area contributed by atoms with Gasteiger partial charge in [0, 0.05) is 24.4 Å². The lowest BCUT2D eigenvalue weighted by Gasteiger charge is -2.28. The zero-order chi connectivity index (χ0) is 14.6. The molecule has 0 aliphatic heterocycles. The standard InChI is InChI=1S/C16H33NO2S/c1-3-4-5-6-11-19-13-15(18)12-17-14-7-9-16(20-2)10-8-14/h14-18H,3-13H2,1-2H3. The molecule has 0 amide bonds. The van der Waals surface area contributed by atoms with E-state index in [9.17, 15) is 5.11 Å². The molecular weight excluding hydrogens is 270 g/mol. The first-order valence-electron chi connectivity index (χ1n) is 8.28. The molecule has 1 aliphatic carbocycles. The Morgan fingerprint density at radius 1 is 1.20 bits per heavy atom. The van der Waals surface area contributed by atoms with E-state index in [2.05, 4.69) is 18.5 Å². The van der Waals surface area contributed by atoms with Crippen molar-refractivity contribution < 1.29 is 9.84 Å². The third-order valence-corrected chi connectivity index (χ3v) is 5.24. The maximum Gasteiger partial charge on any atom is 0.0897 e. The third kappa shape index (κ3) is 8.50. The number of unbranched alkanes of at least 4 members (excludes halogenated alkanes) is 3. The summed E-state index contributed by atoms with van der Waals surface area (Å²) in [4.78, 5) is 0. The molecule has 0 aromatic carbocycles. The number of ether oxygens (including phenoxy) is 1. The second-order valence-corrected chi connectivity index (χ2v) is 7.05. The fourth-order valence-electron chi connectivity index (χ4n) is 2.71. The first kappa shape index (κ1) is 18.3. The van der Waals surface area contributed by atoms with Crippen molar-refractivity contribution in [2.24, 2.45) is 0 Å². The molecule has 1 fully saturated rings. The van der Waals surface area contributed by atoms with Gasteiger partial charge in [-0.2, -0.15) is 11.8 Å². The Kier molecular flexibility index (Phi) is 10.8. The molecule has 4 heteroatoms. The van der Waals surface area contributed by atoms with Gasteiger partial charge >= 0.3 is 0 Å². The highest BCUT2D eigenvalue weighted by molar-refractivity contribution is 7.99. The molecule has 1 unspecified atom stereocenters. The first-order chi connectivity index (χ1) is 9.76. The molecule has 1 atom stereocenters. The molecule has 120 valence electrons. The molecule has 0 bridgehead atoms. The monoisotopic (exact) mass is 303 g/mol. The van der Waals surface area contributed by atoms with Gasteiger partial charge in [0.15, 0.2) is 0 Å². The van der Waals surface area contributed by atoms with Gasteiger partial charge in [0.1, 0.15) is 0 Å². The molecule has 0 radical (unpaired) electrons. The van der Waals surface area contributed by atoms with Gasteiger partial charge in [-0.05, 0) is 38.4 Å². The summed E-state index contributed by atoms with van der Waals surface area (Å²) in [6, 6.07) is 0.595. The van der Waals surface area contributed by atoms with Crippen LogP contribution in [0, 0.1) is 0 Å². The van der Waals surface area contributed by atoms with Crippen molar-refractivity contribution in [2.45, 2.75) is 75.7 Å². The van der Waals surface area contributed by atoms with Crippen LogP contribution in [0.3, 0.4) is 0 Å². The number of thioether (sulfide) groups is 1. The van der Waals surface area contributed by atoms with E-state index in [-0.39, 0.29) is 6.10 Å². The van der Waals surface area contributed by atoms with Gasteiger partial charge in [0.2, 0.25) is 0 Å². The van der Waals surface area contributed by atoms with Crippen LogP contribution in [0.2, 0.25) is 0 Å². The van der Waals surface area contributed by atoms with Gasteiger partial charge in [0.25, 0.3) is 0 Å². The van der Waals surface area contributed by atoms with Gasteiger partial charge in [0.05, 0.1) is 12.7 Å². The van der Waals surface area contributed by atoms with Crippen molar-refractivity contribution in [3.8, 4) is 0 Å². The van der Waals surface area contributed by atoms with Gasteiger partial charge in [-0.3, -0.25) is 0 Å². The van der Waals surface area contributed by atoms with Crippen molar-refractivity contribution in [1.29, 1.82) is 0 Å². The maximum atomic E-state index is 9.89. The van der Waals surface area contributed by atoms with Crippen molar-refractivity contribution in [2.75, 3.05) is 26.0 Å². The Balaban J connectivity index is 1.93. The Morgan fingerprint density at radius 3 is 2.60 bits per heavy atom. The van der Waals surface area contributed by atoms with Crippen LogP contribution in [0.25, 0.3) is 0 Å². The van der Waals surface area contributed by atoms with E-state index in [4.69, 9.17) is 4.74 Å². The number of rotatable bonds is 11. The summed E-state index contributed by atoms with van der Waals surface area (Å²) in [5.41, 5.74) is 0. The minimum absolute atomic E-state index is 0.362. The van der Waals surface area contributed by atoms with Crippen molar-refractivity contribution >= 4 is 11.8 Å². The van der Waals surface area contributed by atoms with E-state index in [1.54, 1.807) is 0 Å². The summed E-state index contributed by atoms with van der Waals surface area (Å²) in [5, 5.41) is 14.2. The third-order valence-electron chi connectivity index (χ3n) is 4.10. The van der Waals surface area contributed by atoms with Crippen LogP contribution in [0.5, 0.6) is 0 Å². The molecule has 0 aromatic rings. The van der Waals surface area contributed by atoms with Crippen LogP contribution in [-0.2, 0) is 4.74 Å². The SMILES string of the molecule is CCCCCCOCC(O)CNC1CCC(SC)CC1. The normalized spacial score (nSPS) is 24.8. The lowest BCUT2D eigenvalue weighted by atomic mass is 9.95.